The summed E-state index contributed by atoms with van der Waals surface area (Å²) in [5.74, 6) is -0.118. The number of nitrogens with one attached hydrogen (secondary N) is 2. The SMILES string of the molecule is CCN(CC)S(=O)(=O)c1ccc(C(C)NC(=O)C2COCCN2)cc1.Cl. The number of ether oxygens (including phenoxy) is 1. The Hall–Kier alpha value is -1.19. The van der Waals surface area contributed by atoms with Gasteiger partial charge in [0.05, 0.1) is 24.2 Å². The molecule has 1 aromatic carbocycles. The fourth-order valence-electron chi connectivity index (χ4n) is 2.77. The summed E-state index contributed by atoms with van der Waals surface area (Å²) < 4.78 is 31.7. The summed E-state index contributed by atoms with van der Waals surface area (Å²) in [6, 6.07) is 6.10. The van der Waals surface area contributed by atoms with Crippen molar-refractivity contribution in [2.75, 3.05) is 32.8 Å². The van der Waals surface area contributed by atoms with Crippen molar-refractivity contribution in [1.82, 2.24) is 14.9 Å². The Morgan fingerprint density at radius 3 is 2.42 bits per heavy atom. The van der Waals surface area contributed by atoms with Gasteiger partial charge in [0.2, 0.25) is 15.9 Å². The van der Waals surface area contributed by atoms with Crippen LogP contribution in [-0.4, -0.2) is 57.5 Å². The molecular weight excluding hydrogens is 378 g/mol. The van der Waals surface area contributed by atoms with Crippen LogP contribution in [-0.2, 0) is 19.6 Å². The Balaban J connectivity index is 0.00000338. The molecule has 9 heteroatoms. The van der Waals surface area contributed by atoms with Crippen molar-refractivity contribution >= 4 is 28.3 Å². The molecule has 0 bridgehead atoms. The lowest BCUT2D eigenvalue weighted by Crippen LogP contribution is -2.51. The van der Waals surface area contributed by atoms with E-state index in [9.17, 15) is 13.2 Å². The zero-order valence-electron chi connectivity index (χ0n) is 15.4. The number of carbonyl (C=O) groups is 1. The van der Waals surface area contributed by atoms with Crippen LogP contribution in [0.25, 0.3) is 0 Å². The van der Waals surface area contributed by atoms with Crippen molar-refractivity contribution in [1.29, 1.82) is 0 Å². The standard InChI is InChI=1S/C17H27N3O4S.ClH/c1-4-20(5-2)25(22,23)15-8-6-14(7-9-15)13(3)19-17(21)16-12-24-11-10-18-16;/h6-9,13,16,18H,4-5,10-12H2,1-3H3,(H,19,21);1H. The number of hydrogen-bond acceptors (Lipinski definition) is 5. The molecule has 0 aliphatic carbocycles. The van der Waals surface area contributed by atoms with Crippen molar-refractivity contribution in [3.05, 3.63) is 29.8 Å². The lowest BCUT2D eigenvalue weighted by Gasteiger charge is -2.25. The predicted octanol–water partition coefficient (Wildman–Crippen LogP) is 1.30. The first-order valence-electron chi connectivity index (χ1n) is 8.61. The Labute approximate surface area is 161 Å². The summed E-state index contributed by atoms with van der Waals surface area (Å²) >= 11 is 0. The number of hydrogen-bond donors (Lipinski definition) is 2. The molecule has 2 rings (SSSR count). The minimum Gasteiger partial charge on any atom is -0.378 e. The molecule has 2 N–H and O–H groups in total. The van der Waals surface area contributed by atoms with Crippen LogP contribution in [0.5, 0.6) is 0 Å². The number of sulfonamides is 1. The fourth-order valence-corrected chi connectivity index (χ4v) is 4.23. The fraction of sp³-hybridized carbons (Fsp3) is 0.588. The van der Waals surface area contributed by atoms with Crippen LogP contribution in [0.15, 0.2) is 29.2 Å². The molecule has 1 amide bonds. The van der Waals surface area contributed by atoms with E-state index in [1.165, 1.54) is 4.31 Å². The lowest BCUT2D eigenvalue weighted by atomic mass is 10.1. The lowest BCUT2D eigenvalue weighted by molar-refractivity contribution is -0.126. The highest BCUT2D eigenvalue weighted by Gasteiger charge is 2.24. The molecule has 26 heavy (non-hydrogen) atoms. The maximum Gasteiger partial charge on any atom is 0.243 e. The molecule has 0 aromatic heterocycles. The van der Waals surface area contributed by atoms with E-state index in [0.29, 0.717) is 32.8 Å². The highest BCUT2D eigenvalue weighted by molar-refractivity contribution is 7.89. The van der Waals surface area contributed by atoms with Crippen LogP contribution in [0, 0.1) is 0 Å². The number of carbonyl (C=O) groups excluding carboxylic acids is 1. The van der Waals surface area contributed by atoms with Gasteiger partial charge in [0.15, 0.2) is 0 Å². The summed E-state index contributed by atoms with van der Waals surface area (Å²) in [5, 5.41) is 6.04. The second-order valence-corrected chi connectivity index (χ2v) is 7.91. The smallest absolute Gasteiger partial charge is 0.243 e. The van der Waals surface area contributed by atoms with Crippen molar-refractivity contribution in [2.24, 2.45) is 0 Å². The first-order chi connectivity index (χ1) is 11.9. The highest BCUT2D eigenvalue weighted by Crippen LogP contribution is 2.19. The first kappa shape index (κ1) is 22.9. The van der Waals surface area contributed by atoms with Gasteiger partial charge in [0.1, 0.15) is 6.04 Å². The summed E-state index contributed by atoms with van der Waals surface area (Å²) in [7, 11) is -3.46. The molecule has 0 spiro atoms. The molecular formula is C17H28ClN3O4S. The third-order valence-corrected chi connectivity index (χ3v) is 6.38. The zero-order chi connectivity index (χ0) is 18.4. The van der Waals surface area contributed by atoms with Gasteiger partial charge in [-0.15, -0.1) is 12.4 Å². The maximum absolute atomic E-state index is 12.5. The van der Waals surface area contributed by atoms with E-state index in [-0.39, 0.29) is 35.3 Å². The molecule has 2 atom stereocenters. The Bertz CT molecular complexity index is 672. The van der Waals surface area contributed by atoms with Crippen molar-refractivity contribution < 1.29 is 17.9 Å². The number of nitrogens with zero attached hydrogens (tertiary/aromatic N) is 1. The largest absolute Gasteiger partial charge is 0.378 e. The highest BCUT2D eigenvalue weighted by atomic mass is 35.5. The van der Waals surface area contributed by atoms with Crippen LogP contribution >= 0.6 is 12.4 Å². The number of benzene rings is 1. The van der Waals surface area contributed by atoms with E-state index in [0.717, 1.165) is 5.56 Å². The summed E-state index contributed by atoms with van der Waals surface area (Å²) in [6.07, 6.45) is 0. The van der Waals surface area contributed by atoms with Gasteiger partial charge in [-0.05, 0) is 24.6 Å². The van der Waals surface area contributed by atoms with Crippen molar-refractivity contribution in [3.8, 4) is 0 Å². The van der Waals surface area contributed by atoms with Crippen LogP contribution < -0.4 is 10.6 Å². The Morgan fingerprint density at radius 1 is 1.31 bits per heavy atom. The molecule has 1 aromatic rings. The average Bonchev–Trinajstić information content (AvgIpc) is 2.63. The van der Waals surface area contributed by atoms with E-state index < -0.39 is 10.0 Å². The summed E-state index contributed by atoms with van der Waals surface area (Å²) in [4.78, 5) is 12.5. The van der Waals surface area contributed by atoms with E-state index in [1.807, 2.05) is 20.8 Å². The number of rotatable bonds is 7. The summed E-state index contributed by atoms with van der Waals surface area (Å²) in [6.45, 7) is 8.00. The number of halogens is 1. The molecule has 1 fully saturated rings. The molecule has 7 nitrogen and oxygen atoms in total. The Morgan fingerprint density at radius 2 is 1.92 bits per heavy atom. The van der Waals surface area contributed by atoms with Crippen LogP contribution in [0.2, 0.25) is 0 Å². The predicted molar refractivity (Wildman–Crippen MR) is 103 cm³/mol. The molecule has 1 aliphatic heterocycles. The average molecular weight is 406 g/mol. The zero-order valence-corrected chi connectivity index (χ0v) is 17.0. The van der Waals surface area contributed by atoms with E-state index in [4.69, 9.17) is 4.74 Å². The van der Waals surface area contributed by atoms with Crippen molar-refractivity contribution in [2.45, 2.75) is 37.8 Å². The van der Waals surface area contributed by atoms with Gasteiger partial charge in [-0.3, -0.25) is 4.79 Å². The maximum atomic E-state index is 12.5. The van der Waals surface area contributed by atoms with Gasteiger partial charge < -0.3 is 15.4 Å². The van der Waals surface area contributed by atoms with Crippen LogP contribution in [0.1, 0.15) is 32.4 Å². The Kier molecular flexibility index (Phi) is 8.99. The van der Waals surface area contributed by atoms with Gasteiger partial charge in [-0.1, -0.05) is 26.0 Å². The van der Waals surface area contributed by atoms with Crippen molar-refractivity contribution in [3.63, 3.8) is 0 Å². The van der Waals surface area contributed by atoms with Crippen LogP contribution in [0.4, 0.5) is 0 Å². The van der Waals surface area contributed by atoms with Gasteiger partial charge in [0, 0.05) is 19.6 Å². The second kappa shape index (κ2) is 10.2. The number of morpholine rings is 1. The third kappa shape index (κ3) is 5.40. The van der Waals surface area contributed by atoms with Gasteiger partial charge in [-0.2, -0.15) is 4.31 Å². The molecule has 0 radical (unpaired) electrons. The van der Waals surface area contributed by atoms with Gasteiger partial charge >= 0.3 is 0 Å². The molecule has 1 heterocycles. The molecule has 148 valence electrons. The molecule has 0 saturated carbocycles. The molecule has 1 saturated heterocycles. The first-order valence-corrected chi connectivity index (χ1v) is 10.1. The minimum atomic E-state index is -3.46. The second-order valence-electron chi connectivity index (χ2n) is 5.97. The molecule has 1 aliphatic rings. The van der Waals surface area contributed by atoms with E-state index in [2.05, 4.69) is 10.6 Å². The minimum absolute atomic E-state index is 0. The molecule has 2 unspecified atom stereocenters. The summed E-state index contributed by atoms with van der Waals surface area (Å²) in [5.41, 5.74) is 0.851. The topological polar surface area (TPSA) is 87.7 Å². The van der Waals surface area contributed by atoms with E-state index in [1.54, 1.807) is 24.3 Å². The third-order valence-electron chi connectivity index (χ3n) is 4.32. The van der Waals surface area contributed by atoms with E-state index >= 15 is 0 Å². The quantitative estimate of drug-likeness (QED) is 0.714. The number of amides is 1. The monoisotopic (exact) mass is 405 g/mol. The van der Waals surface area contributed by atoms with Gasteiger partial charge in [0.25, 0.3) is 0 Å². The van der Waals surface area contributed by atoms with Gasteiger partial charge in [-0.25, -0.2) is 8.42 Å². The van der Waals surface area contributed by atoms with Crippen LogP contribution in [0.3, 0.4) is 0 Å². The normalized spacial score (nSPS) is 18.8.